The number of benzene rings is 2. The summed E-state index contributed by atoms with van der Waals surface area (Å²) in [5.74, 6) is -0.685. The van der Waals surface area contributed by atoms with Gasteiger partial charge in [-0.2, -0.15) is 4.31 Å². The summed E-state index contributed by atoms with van der Waals surface area (Å²) in [6.45, 7) is 5.38. The normalized spacial score (nSPS) is 15.2. The predicted octanol–water partition coefficient (Wildman–Crippen LogP) is 3.81. The second kappa shape index (κ2) is 10.9. The van der Waals surface area contributed by atoms with Crippen LogP contribution in [0.25, 0.3) is 0 Å². The average molecular weight is 577 g/mol. The van der Waals surface area contributed by atoms with Crippen LogP contribution in [-0.2, 0) is 14.8 Å². The number of phenols is 1. The monoisotopic (exact) mass is 576 g/mol. The lowest BCUT2D eigenvalue weighted by Gasteiger charge is -2.32. The summed E-state index contributed by atoms with van der Waals surface area (Å²) in [6, 6.07) is 11.0. The number of amides is 1. The van der Waals surface area contributed by atoms with Gasteiger partial charge in [0.15, 0.2) is 5.75 Å². The molecular formula is C26H29ClN4O7S. The van der Waals surface area contributed by atoms with Crippen molar-refractivity contribution in [1.29, 1.82) is 0 Å². The Hall–Kier alpha value is -3.61. The van der Waals surface area contributed by atoms with Gasteiger partial charge in [0.1, 0.15) is 21.9 Å². The molecule has 3 aromatic carbocycles. The number of piperidine rings is 1. The SMILES string of the molecule is CC(C)(C)OC(=O)NC1CCN(S(=O)(=O)c2c(Cl)ccc(Nc3c(Nc4ccccc4)c(=O)c3=O)c2O)CC1. The van der Waals surface area contributed by atoms with E-state index in [1.165, 1.54) is 16.4 Å². The molecule has 0 aromatic heterocycles. The molecule has 0 saturated carbocycles. The molecule has 3 aromatic rings. The summed E-state index contributed by atoms with van der Waals surface area (Å²) in [4.78, 5) is 36.0. The summed E-state index contributed by atoms with van der Waals surface area (Å²) in [5.41, 5.74) is -1.88. The molecule has 39 heavy (non-hydrogen) atoms. The molecule has 0 aliphatic carbocycles. The summed E-state index contributed by atoms with van der Waals surface area (Å²) in [7, 11) is -4.25. The third-order valence-electron chi connectivity index (χ3n) is 6.07. The minimum absolute atomic E-state index is 0.00971. The Morgan fingerprint density at radius 1 is 1.00 bits per heavy atom. The van der Waals surface area contributed by atoms with E-state index in [1.807, 2.05) is 0 Å². The molecule has 0 atom stereocenters. The fourth-order valence-corrected chi connectivity index (χ4v) is 6.23. The van der Waals surface area contributed by atoms with Gasteiger partial charge in [-0.3, -0.25) is 9.59 Å². The van der Waals surface area contributed by atoms with Gasteiger partial charge in [0.05, 0.1) is 10.7 Å². The molecule has 0 bridgehead atoms. The topological polar surface area (TPSA) is 154 Å². The van der Waals surface area contributed by atoms with E-state index in [2.05, 4.69) is 16.0 Å². The first kappa shape index (κ1) is 28.4. The minimum atomic E-state index is -4.25. The number of carbonyl (C=O) groups is 1. The van der Waals surface area contributed by atoms with Crippen LogP contribution in [0, 0.1) is 0 Å². The number of hydrogen-bond donors (Lipinski definition) is 4. The third kappa shape index (κ3) is 6.18. The van der Waals surface area contributed by atoms with Gasteiger partial charge in [0.25, 0.3) is 10.9 Å². The van der Waals surface area contributed by atoms with E-state index < -0.39 is 43.2 Å². The zero-order chi connectivity index (χ0) is 28.5. The number of carbonyl (C=O) groups excluding carboxylic acids is 1. The van der Waals surface area contributed by atoms with E-state index in [0.29, 0.717) is 18.5 Å². The van der Waals surface area contributed by atoms with E-state index in [-0.39, 0.29) is 41.2 Å². The fraction of sp³-hybridized carbons (Fsp3) is 0.346. The number of nitrogens with one attached hydrogen (secondary N) is 3. The van der Waals surface area contributed by atoms with E-state index in [9.17, 15) is 27.9 Å². The highest BCUT2D eigenvalue weighted by atomic mass is 35.5. The zero-order valence-electron chi connectivity index (χ0n) is 21.6. The van der Waals surface area contributed by atoms with Gasteiger partial charge < -0.3 is 25.8 Å². The number of phenolic OH excluding ortho intramolecular Hbond substituents is 1. The number of anilines is 4. The van der Waals surface area contributed by atoms with Crippen LogP contribution in [0.1, 0.15) is 33.6 Å². The van der Waals surface area contributed by atoms with Crippen molar-refractivity contribution in [2.75, 3.05) is 23.7 Å². The number of hydrogen-bond acceptors (Lipinski definition) is 9. The Kier molecular flexibility index (Phi) is 7.92. The quantitative estimate of drug-likeness (QED) is 0.243. The molecule has 1 aliphatic heterocycles. The molecule has 0 radical (unpaired) electrons. The minimum Gasteiger partial charge on any atom is -0.504 e. The van der Waals surface area contributed by atoms with Gasteiger partial charge in [-0.05, 0) is 57.9 Å². The van der Waals surface area contributed by atoms with Crippen LogP contribution in [0.4, 0.5) is 27.5 Å². The van der Waals surface area contributed by atoms with Gasteiger partial charge in [0, 0.05) is 24.8 Å². The molecule has 208 valence electrons. The van der Waals surface area contributed by atoms with Crippen LogP contribution in [0.15, 0.2) is 56.9 Å². The first-order valence-corrected chi connectivity index (χ1v) is 14.0. The number of alkyl carbamates (subject to hydrolysis) is 1. The van der Waals surface area contributed by atoms with Crippen molar-refractivity contribution in [1.82, 2.24) is 9.62 Å². The smallest absolute Gasteiger partial charge is 0.407 e. The highest BCUT2D eigenvalue weighted by Gasteiger charge is 2.35. The summed E-state index contributed by atoms with van der Waals surface area (Å²) in [5, 5.41) is 19.0. The zero-order valence-corrected chi connectivity index (χ0v) is 23.1. The number of rotatable bonds is 7. The maximum absolute atomic E-state index is 13.5. The number of sulfonamides is 1. The molecule has 11 nitrogen and oxygen atoms in total. The van der Waals surface area contributed by atoms with Crippen LogP contribution in [0.2, 0.25) is 5.02 Å². The van der Waals surface area contributed by atoms with E-state index in [1.54, 1.807) is 51.1 Å². The van der Waals surface area contributed by atoms with Crippen LogP contribution in [0.3, 0.4) is 0 Å². The van der Waals surface area contributed by atoms with Crippen LogP contribution in [0.5, 0.6) is 5.75 Å². The molecule has 4 N–H and O–H groups in total. The molecule has 0 spiro atoms. The second-order valence-corrected chi connectivity index (χ2v) is 12.4. The molecule has 1 saturated heterocycles. The molecule has 1 heterocycles. The molecule has 13 heteroatoms. The molecule has 1 aliphatic rings. The molecule has 1 amide bonds. The van der Waals surface area contributed by atoms with Gasteiger partial charge >= 0.3 is 6.09 Å². The van der Waals surface area contributed by atoms with Crippen molar-refractivity contribution >= 4 is 50.5 Å². The molecular weight excluding hydrogens is 548 g/mol. The fourth-order valence-electron chi connectivity index (χ4n) is 4.17. The maximum atomic E-state index is 13.5. The maximum Gasteiger partial charge on any atom is 0.407 e. The van der Waals surface area contributed by atoms with Crippen LogP contribution in [-0.4, -0.2) is 48.7 Å². The third-order valence-corrected chi connectivity index (χ3v) is 8.47. The Balaban J connectivity index is 1.51. The number of halogens is 1. The summed E-state index contributed by atoms with van der Waals surface area (Å²) < 4.78 is 33.4. The van der Waals surface area contributed by atoms with Crippen molar-refractivity contribution in [3.05, 3.63) is 67.9 Å². The van der Waals surface area contributed by atoms with Crippen molar-refractivity contribution in [2.24, 2.45) is 0 Å². The van der Waals surface area contributed by atoms with Crippen molar-refractivity contribution in [2.45, 2.75) is 50.2 Å². The highest BCUT2D eigenvalue weighted by molar-refractivity contribution is 7.89. The van der Waals surface area contributed by atoms with E-state index >= 15 is 0 Å². The number of ether oxygens (including phenoxy) is 1. The van der Waals surface area contributed by atoms with Crippen LogP contribution < -0.4 is 26.8 Å². The summed E-state index contributed by atoms with van der Waals surface area (Å²) >= 11 is 6.22. The Morgan fingerprint density at radius 3 is 2.18 bits per heavy atom. The average Bonchev–Trinajstić information content (AvgIpc) is 2.86. The van der Waals surface area contributed by atoms with Gasteiger partial charge in [-0.25, -0.2) is 13.2 Å². The Morgan fingerprint density at radius 2 is 1.59 bits per heavy atom. The van der Waals surface area contributed by atoms with Crippen molar-refractivity contribution < 1.29 is 23.1 Å². The van der Waals surface area contributed by atoms with Crippen LogP contribution >= 0.6 is 11.6 Å². The largest absolute Gasteiger partial charge is 0.504 e. The molecule has 4 rings (SSSR count). The predicted molar refractivity (Wildman–Crippen MR) is 149 cm³/mol. The molecule has 0 unspecified atom stereocenters. The summed E-state index contributed by atoms with van der Waals surface area (Å²) in [6.07, 6.45) is 0.0716. The number of para-hydroxylation sites is 1. The Labute approximate surface area is 230 Å². The first-order valence-electron chi connectivity index (χ1n) is 12.2. The molecule has 1 fully saturated rings. The number of aromatic hydroxyl groups is 1. The lowest BCUT2D eigenvalue weighted by Crippen LogP contribution is -2.47. The van der Waals surface area contributed by atoms with Crippen molar-refractivity contribution in [3.63, 3.8) is 0 Å². The lowest BCUT2D eigenvalue weighted by molar-refractivity contribution is 0.0489. The van der Waals surface area contributed by atoms with E-state index in [0.717, 1.165) is 0 Å². The lowest BCUT2D eigenvalue weighted by atomic mass is 10.1. The number of nitrogens with zero attached hydrogens (tertiary/aromatic N) is 1. The Bertz CT molecular complexity index is 1550. The standard InChI is InChI=1S/C26H29ClN4O7S/c1-26(2,3)38-25(35)29-16-11-13-31(14-12-16)39(36,37)24-17(27)9-10-18(21(24)32)30-20-19(22(33)23(20)34)28-15-7-5-4-6-8-15/h4-10,16,28,30,32H,11-14H2,1-3H3,(H,29,35). The van der Waals surface area contributed by atoms with E-state index in [4.69, 9.17) is 16.3 Å². The van der Waals surface area contributed by atoms with Crippen molar-refractivity contribution in [3.8, 4) is 5.75 Å². The first-order chi connectivity index (χ1) is 18.3. The second-order valence-electron chi connectivity index (χ2n) is 10.1. The van der Waals surface area contributed by atoms with Gasteiger partial charge in [0.2, 0.25) is 10.0 Å². The van der Waals surface area contributed by atoms with Gasteiger partial charge in [-0.1, -0.05) is 29.8 Å². The highest BCUT2D eigenvalue weighted by Crippen LogP contribution is 2.40. The van der Waals surface area contributed by atoms with Gasteiger partial charge in [-0.15, -0.1) is 0 Å².